The first-order chi connectivity index (χ1) is 8.52. The fourth-order valence-corrected chi connectivity index (χ4v) is 2.27. The van der Waals surface area contributed by atoms with Gasteiger partial charge >= 0.3 is 0 Å². The Bertz CT molecular complexity index is 265. The standard InChI is InChI=1S/C13H26N2O3/c1-14(2)13(6-5-7-13)11-15(3)12(16)10-18-9-8-17-4/h5-11H2,1-4H3. The summed E-state index contributed by atoms with van der Waals surface area (Å²) in [6, 6.07) is 0. The van der Waals surface area contributed by atoms with E-state index < -0.39 is 0 Å². The zero-order valence-corrected chi connectivity index (χ0v) is 12.1. The van der Waals surface area contributed by atoms with E-state index in [9.17, 15) is 4.79 Å². The number of amides is 1. The number of methoxy groups -OCH3 is 1. The van der Waals surface area contributed by atoms with Crippen molar-refractivity contribution < 1.29 is 14.3 Å². The van der Waals surface area contributed by atoms with Crippen LogP contribution in [0.25, 0.3) is 0 Å². The van der Waals surface area contributed by atoms with E-state index in [4.69, 9.17) is 9.47 Å². The molecule has 0 bridgehead atoms. The topological polar surface area (TPSA) is 42.0 Å². The molecule has 0 spiro atoms. The number of nitrogens with zero attached hydrogens (tertiary/aromatic N) is 2. The highest BCUT2D eigenvalue weighted by Crippen LogP contribution is 2.36. The number of hydrogen-bond acceptors (Lipinski definition) is 4. The maximum atomic E-state index is 11.9. The first kappa shape index (κ1) is 15.4. The molecule has 1 aliphatic carbocycles. The Hall–Kier alpha value is -0.650. The Morgan fingerprint density at radius 2 is 1.89 bits per heavy atom. The minimum absolute atomic E-state index is 0.0410. The molecule has 5 nitrogen and oxygen atoms in total. The van der Waals surface area contributed by atoms with Crippen LogP contribution in [0.2, 0.25) is 0 Å². The summed E-state index contributed by atoms with van der Waals surface area (Å²) in [7, 11) is 7.65. The van der Waals surface area contributed by atoms with Gasteiger partial charge in [-0.3, -0.25) is 4.79 Å². The van der Waals surface area contributed by atoms with Gasteiger partial charge in [-0.25, -0.2) is 0 Å². The molecule has 0 radical (unpaired) electrons. The van der Waals surface area contributed by atoms with Gasteiger partial charge in [0.05, 0.1) is 13.2 Å². The Morgan fingerprint density at radius 1 is 1.22 bits per heavy atom. The Kier molecular flexibility index (Phi) is 6.05. The van der Waals surface area contributed by atoms with Crippen molar-refractivity contribution in [2.24, 2.45) is 0 Å². The summed E-state index contributed by atoms with van der Waals surface area (Å²) in [6.07, 6.45) is 3.59. The lowest BCUT2D eigenvalue weighted by Gasteiger charge is -2.49. The molecule has 0 saturated heterocycles. The van der Waals surface area contributed by atoms with Gasteiger partial charge in [0.15, 0.2) is 0 Å². The number of carbonyl (C=O) groups is 1. The quantitative estimate of drug-likeness (QED) is 0.598. The Morgan fingerprint density at radius 3 is 2.33 bits per heavy atom. The van der Waals surface area contributed by atoms with Gasteiger partial charge in [0.25, 0.3) is 0 Å². The predicted molar refractivity (Wildman–Crippen MR) is 70.6 cm³/mol. The van der Waals surface area contributed by atoms with Crippen LogP contribution in [0.1, 0.15) is 19.3 Å². The highest BCUT2D eigenvalue weighted by molar-refractivity contribution is 5.77. The number of likely N-dealkylation sites (N-methyl/N-ethyl adjacent to an activating group) is 2. The molecule has 0 atom stereocenters. The highest BCUT2D eigenvalue weighted by atomic mass is 16.5. The molecule has 18 heavy (non-hydrogen) atoms. The molecule has 5 heteroatoms. The lowest BCUT2D eigenvalue weighted by atomic mass is 9.75. The third-order valence-corrected chi connectivity index (χ3v) is 3.85. The molecule has 1 rings (SSSR count). The lowest BCUT2D eigenvalue weighted by molar-refractivity contribution is -0.138. The summed E-state index contributed by atoms with van der Waals surface area (Å²) >= 11 is 0. The van der Waals surface area contributed by atoms with Gasteiger partial charge in [0.1, 0.15) is 6.61 Å². The number of hydrogen-bond donors (Lipinski definition) is 0. The average Bonchev–Trinajstić information content (AvgIpc) is 2.28. The van der Waals surface area contributed by atoms with E-state index >= 15 is 0 Å². The molecule has 0 aromatic rings. The number of carbonyl (C=O) groups excluding carboxylic acids is 1. The van der Waals surface area contributed by atoms with Crippen LogP contribution in [-0.2, 0) is 14.3 Å². The van der Waals surface area contributed by atoms with Crippen molar-refractivity contribution in [1.29, 1.82) is 0 Å². The summed E-state index contributed by atoms with van der Waals surface area (Å²) in [4.78, 5) is 15.9. The largest absolute Gasteiger partial charge is 0.382 e. The van der Waals surface area contributed by atoms with Gasteiger partial charge in [0, 0.05) is 26.2 Å². The van der Waals surface area contributed by atoms with Crippen molar-refractivity contribution in [2.75, 3.05) is 54.6 Å². The minimum Gasteiger partial charge on any atom is -0.382 e. The normalized spacial score (nSPS) is 17.6. The zero-order valence-electron chi connectivity index (χ0n) is 12.1. The molecule has 0 N–H and O–H groups in total. The summed E-state index contributed by atoms with van der Waals surface area (Å²) in [5.41, 5.74) is 0.178. The maximum absolute atomic E-state index is 11.9. The van der Waals surface area contributed by atoms with Crippen molar-refractivity contribution >= 4 is 5.91 Å². The minimum atomic E-state index is 0.0410. The monoisotopic (exact) mass is 258 g/mol. The molecule has 0 aromatic heterocycles. The van der Waals surface area contributed by atoms with Crippen LogP contribution in [-0.4, -0.2) is 75.9 Å². The average molecular weight is 258 g/mol. The van der Waals surface area contributed by atoms with Crippen LogP contribution in [0.4, 0.5) is 0 Å². The Labute approximate surface area is 110 Å². The SMILES string of the molecule is COCCOCC(=O)N(C)CC1(N(C)C)CCC1. The molecule has 0 unspecified atom stereocenters. The van der Waals surface area contributed by atoms with Crippen LogP contribution in [0.15, 0.2) is 0 Å². The van der Waals surface area contributed by atoms with E-state index in [0.717, 1.165) is 6.54 Å². The van der Waals surface area contributed by atoms with Gasteiger partial charge < -0.3 is 19.3 Å². The van der Waals surface area contributed by atoms with Crippen molar-refractivity contribution in [3.8, 4) is 0 Å². The number of rotatable bonds is 8. The van der Waals surface area contributed by atoms with Crippen LogP contribution < -0.4 is 0 Å². The molecule has 1 saturated carbocycles. The Balaban J connectivity index is 2.30. The molecule has 1 fully saturated rings. The molecule has 106 valence electrons. The third-order valence-electron chi connectivity index (χ3n) is 3.85. The number of ether oxygens (including phenoxy) is 2. The summed E-state index contributed by atoms with van der Waals surface area (Å²) < 4.78 is 10.1. The third kappa shape index (κ3) is 3.93. The predicted octanol–water partition coefficient (Wildman–Crippen LogP) is 0.592. The summed E-state index contributed by atoms with van der Waals surface area (Å²) in [5.74, 6) is 0.0410. The van der Waals surface area contributed by atoms with Gasteiger partial charge in [-0.05, 0) is 33.4 Å². The van der Waals surface area contributed by atoms with E-state index in [1.807, 2.05) is 7.05 Å². The zero-order chi connectivity index (χ0) is 13.6. The second-order valence-electron chi connectivity index (χ2n) is 5.27. The van der Waals surface area contributed by atoms with E-state index in [-0.39, 0.29) is 18.1 Å². The molecular weight excluding hydrogens is 232 g/mol. The van der Waals surface area contributed by atoms with E-state index in [1.54, 1.807) is 12.0 Å². The molecule has 1 amide bonds. The second kappa shape index (κ2) is 7.07. The summed E-state index contributed by atoms with van der Waals surface area (Å²) in [6.45, 7) is 1.92. The summed E-state index contributed by atoms with van der Waals surface area (Å²) in [5, 5.41) is 0. The molecule has 1 aliphatic rings. The molecule has 0 aromatic carbocycles. The van der Waals surface area contributed by atoms with Crippen molar-refractivity contribution in [3.63, 3.8) is 0 Å². The maximum Gasteiger partial charge on any atom is 0.248 e. The first-order valence-electron chi connectivity index (χ1n) is 6.50. The molecule has 0 aliphatic heterocycles. The highest BCUT2D eigenvalue weighted by Gasteiger charge is 2.40. The van der Waals surface area contributed by atoms with Gasteiger partial charge in [0.2, 0.25) is 5.91 Å². The van der Waals surface area contributed by atoms with E-state index in [0.29, 0.717) is 13.2 Å². The van der Waals surface area contributed by atoms with Gasteiger partial charge in [-0.15, -0.1) is 0 Å². The van der Waals surface area contributed by atoms with E-state index in [1.165, 1.54) is 19.3 Å². The molecule has 0 heterocycles. The molecular formula is C13H26N2O3. The smallest absolute Gasteiger partial charge is 0.248 e. The lowest BCUT2D eigenvalue weighted by Crippen LogP contribution is -2.57. The van der Waals surface area contributed by atoms with Crippen molar-refractivity contribution in [3.05, 3.63) is 0 Å². The van der Waals surface area contributed by atoms with E-state index in [2.05, 4.69) is 19.0 Å². The van der Waals surface area contributed by atoms with Crippen molar-refractivity contribution in [1.82, 2.24) is 9.80 Å². The fourth-order valence-electron chi connectivity index (χ4n) is 2.27. The van der Waals surface area contributed by atoms with Gasteiger partial charge in [-0.2, -0.15) is 0 Å². The van der Waals surface area contributed by atoms with Crippen LogP contribution in [0.3, 0.4) is 0 Å². The first-order valence-corrected chi connectivity index (χ1v) is 6.50. The van der Waals surface area contributed by atoms with Gasteiger partial charge in [-0.1, -0.05) is 0 Å². The van der Waals surface area contributed by atoms with Crippen LogP contribution in [0, 0.1) is 0 Å². The van der Waals surface area contributed by atoms with Crippen LogP contribution >= 0.6 is 0 Å². The van der Waals surface area contributed by atoms with Crippen molar-refractivity contribution in [2.45, 2.75) is 24.8 Å². The fraction of sp³-hybridized carbons (Fsp3) is 0.923. The second-order valence-corrected chi connectivity index (χ2v) is 5.27. The van der Waals surface area contributed by atoms with Crippen LogP contribution in [0.5, 0.6) is 0 Å².